The molecule has 0 radical (unpaired) electrons. The normalized spacial score (nSPS) is 19.9. The van der Waals surface area contributed by atoms with Crippen LogP contribution in [0.25, 0.3) is 0 Å². The molecule has 1 rings (SSSR count). The summed E-state index contributed by atoms with van der Waals surface area (Å²) in [5, 5.41) is 8.61. The molecule has 8 heteroatoms. The molecule has 0 saturated carbocycles. The third kappa shape index (κ3) is 5.46. The third-order valence-corrected chi connectivity index (χ3v) is 5.12. The van der Waals surface area contributed by atoms with Crippen LogP contribution in [0.1, 0.15) is 32.6 Å². The largest absolute Gasteiger partial charge is 0.481 e. The second kappa shape index (κ2) is 7.58. The average molecular weight is 307 g/mol. The van der Waals surface area contributed by atoms with Crippen molar-refractivity contribution in [1.29, 1.82) is 0 Å². The van der Waals surface area contributed by atoms with Crippen LogP contribution in [0.4, 0.5) is 0 Å². The Bertz CT molecular complexity index is 447. The Kier molecular flexibility index (Phi) is 6.41. The van der Waals surface area contributed by atoms with Crippen LogP contribution in [0.2, 0.25) is 0 Å². The second-order valence-electron chi connectivity index (χ2n) is 4.82. The molecule has 1 fully saturated rings. The van der Waals surface area contributed by atoms with Crippen molar-refractivity contribution in [3.05, 3.63) is 0 Å². The zero-order valence-electron chi connectivity index (χ0n) is 11.6. The van der Waals surface area contributed by atoms with Gasteiger partial charge in [-0.3, -0.25) is 9.59 Å². The van der Waals surface area contributed by atoms with Gasteiger partial charge in [0.05, 0.1) is 18.8 Å². The van der Waals surface area contributed by atoms with E-state index in [-0.39, 0.29) is 31.1 Å². The van der Waals surface area contributed by atoms with Crippen LogP contribution in [0.15, 0.2) is 0 Å². The number of esters is 1. The Morgan fingerprint density at radius 3 is 2.65 bits per heavy atom. The van der Waals surface area contributed by atoms with E-state index in [9.17, 15) is 18.0 Å². The van der Waals surface area contributed by atoms with E-state index in [0.29, 0.717) is 25.9 Å². The molecule has 0 amide bonds. The predicted octanol–water partition coefficient (Wildman–Crippen LogP) is 0.456. The highest BCUT2D eigenvalue weighted by Gasteiger charge is 2.31. The van der Waals surface area contributed by atoms with Gasteiger partial charge in [0.15, 0.2) is 0 Å². The summed E-state index contributed by atoms with van der Waals surface area (Å²) in [6.07, 6.45) is 1.07. The Labute approximate surface area is 118 Å². The van der Waals surface area contributed by atoms with Crippen LogP contribution in [-0.4, -0.2) is 55.2 Å². The highest BCUT2D eigenvalue weighted by molar-refractivity contribution is 7.89. The number of carboxylic acid groups (broad SMARTS) is 1. The van der Waals surface area contributed by atoms with Crippen molar-refractivity contribution in [1.82, 2.24) is 4.31 Å². The van der Waals surface area contributed by atoms with E-state index in [4.69, 9.17) is 9.84 Å². The van der Waals surface area contributed by atoms with E-state index in [1.807, 2.05) is 0 Å². The number of aliphatic carboxylic acids is 1. The molecule has 1 aliphatic heterocycles. The molecule has 0 bridgehead atoms. The standard InChI is InChI=1S/C12H21NO6S/c1-2-19-12(16)6-8-20(17,18)13-7-5-10(9-13)3-4-11(14)15/h10H,2-9H2,1H3,(H,14,15). The number of nitrogens with zero attached hydrogens (tertiary/aromatic N) is 1. The van der Waals surface area contributed by atoms with Crippen LogP contribution < -0.4 is 0 Å². The van der Waals surface area contributed by atoms with Crippen LogP contribution in [0.3, 0.4) is 0 Å². The summed E-state index contributed by atoms with van der Waals surface area (Å²) >= 11 is 0. The van der Waals surface area contributed by atoms with Crippen molar-refractivity contribution in [3.63, 3.8) is 0 Å². The Balaban J connectivity index is 2.41. The van der Waals surface area contributed by atoms with Crippen LogP contribution in [-0.2, 0) is 24.3 Å². The molecule has 1 N–H and O–H groups in total. The van der Waals surface area contributed by atoms with Gasteiger partial charge in [0.2, 0.25) is 10.0 Å². The minimum Gasteiger partial charge on any atom is -0.481 e. The maximum atomic E-state index is 12.0. The van der Waals surface area contributed by atoms with E-state index < -0.39 is 22.0 Å². The fourth-order valence-corrected chi connectivity index (χ4v) is 3.69. The lowest BCUT2D eigenvalue weighted by molar-refractivity contribution is -0.142. The molecular formula is C12H21NO6S. The molecule has 116 valence electrons. The van der Waals surface area contributed by atoms with Crippen molar-refractivity contribution < 1.29 is 27.9 Å². The summed E-state index contributed by atoms with van der Waals surface area (Å²) in [5.74, 6) is -1.55. The average Bonchev–Trinajstić information content (AvgIpc) is 2.84. The van der Waals surface area contributed by atoms with Crippen molar-refractivity contribution in [2.45, 2.75) is 32.6 Å². The second-order valence-corrected chi connectivity index (χ2v) is 6.90. The number of hydrogen-bond donors (Lipinski definition) is 1. The lowest BCUT2D eigenvalue weighted by Gasteiger charge is -2.16. The molecule has 0 aromatic rings. The lowest BCUT2D eigenvalue weighted by atomic mass is 10.0. The Morgan fingerprint density at radius 2 is 2.05 bits per heavy atom. The molecule has 7 nitrogen and oxygen atoms in total. The van der Waals surface area contributed by atoms with Gasteiger partial charge in [0, 0.05) is 19.5 Å². The van der Waals surface area contributed by atoms with E-state index >= 15 is 0 Å². The molecule has 1 atom stereocenters. The quantitative estimate of drug-likeness (QED) is 0.654. The van der Waals surface area contributed by atoms with E-state index in [0.717, 1.165) is 0 Å². The fourth-order valence-electron chi connectivity index (χ4n) is 2.19. The third-order valence-electron chi connectivity index (χ3n) is 3.28. The highest BCUT2D eigenvalue weighted by atomic mass is 32.2. The van der Waals surface area contributed by atoms with Gasteiger partial charge in [0.25, 0.3) is 0 Å². The predicted molar refractivity (Wildman–Crippen MR) is 71.6 cm³/mol. The van der Waals surface area contributed by atoms with Gasteiger partial charge >= 0.3 is 11.9 Å². The first-order chi connectivity index (χ1) is 9.35. The van der Waals surface area contributed by atoms with Crippen LogP contribution in [0, 0.1) is 5.92 Å². The smallest absolute Gasteiger partial charge is 0.306 e. The van der Waals surface area contributed by atoms with E-state index in [2.05, 4.69) is 0 Å². The number of carbonyl (C=O) groups excluding carboxylic acids is 1. The van der Waals surface area contributed by atoms with Crippen molar-refractivity contribution in [2.24, 2.45) is 5.92 Å². The van der Waals surface area contributed by atoms with Gasteiger partial charge in [0.1, 0.15) is 0 Å². The summed E-state index contributed by atoms with van der Waals surface area (Å²) in [5.41, 5.74) is 0. The molecular weight excluding hydrogens is 286 g/mol. The number of ether oxygens (including phenoxy) is 1. The van der Waals surface area contributed by atoms with Gasteiger partial charge in [-0.15, -0.1) is 0 Å². The van der Waals surface area contributed by atoms with Gasteiger partial charge in [-0.25, -0.2) is 12.7 Å². The Hall–Kier alpha value is -1.15. The minimum atomic E-state index is -3.46. The molecule has 0 aliphatic carbocycles. The topological polar surface area (TPSA) is 101 Å². The summed E-state index contributed by atoms with van der Waals surface area (Å²) < 4.78 is 30.1. The summed E-state index contributed by atoms with van der Waals surface area (Å²) in [4.78, 5) is 21.7. The summed E-state index contributed by atoms with van der Waals surface area (Å²) in [7, 11) is -3.46. The molecule has 1 heterocycles. The molecule has 1 saturated heterocycles. The van der Waals surface area contributed by atoms with Gasteiger partial charge in [-0.1, -0.05) is 0 Å². The number of sulfonamides is 1. The van der Waals surface area contributed by atoms with Crippen LogP contribution in [0.5, 0.6) is 0 Å². The zero-order chi connectivity index (χ0) is 15.2. The first-order valence-electron chi connectivity index (χ1n) is 6.70. The number of hydrogen-bond acceptors (Lipinski definition) is 5. The van der Waals surface area contributed by atoms with Gasteiger partial charge in [-0.2, -0.15) is 0 Å². The van der Waals surface area contributed by atoms with Gasteiger partial charge in [-0.05, 0) is 25.7 Å². The van der Waals surface area contributed by atoms with Crippen molar-refractivity contribution >= 4 is 22.0 Å². The number of carbonyl (C=O) groups is 2. The summed E-state index contributed by atoms with van der Waals surface area (Å²) in [6, 6.07) is 0. The molecule has 20 heavy (non-hydrogen) atoms. The molecule has 0 aromatic carbocycles. The Morgan fingerprint density at radius 1 is 1.35 bits per heavy atom. The summed E-state index contributed by atoms with van der Waals surface area (Å²) in [6.45, 7) is 2.65. The lowest BCUT2D eigenvalue weighted by Crippen LogP contribution is -2.32. The van der Waals surface area contributed by atoms with E-state index in [1.165, 1.54) is 4.31 Å². The monoisotopic (exact) mass is 307 g/mol. The van der Waals surface area contributed by atoms with Crippen molar-refractivity contribution in [2.75, 3.05) is 25.4 Å². The highest BCUT2D eigenvalue weighted by Crippen LogP contribution is 2.23. The van der Waals surface area contributed by atoms with Crippen molar-refractivity contribution in [3.8, 4) is 0 Å². The SMILES string of the molecule is CCOC(=O)CCS(=O)(=O)N1CCC(CCC(=O)O)C1. The molecule has 0 aromatic heterocycles. The fraction of sp³-hybridized carbons (Fsp3) is 0.833. The molecule has 1 unspecified atom stereocenters. The maximum Gasteiger partial charge on any atom is 0.306 e. The minimum absolute atomic E-state index is 0.0569. The first-order valence-corrected chi connectivity index (χ1v) is 8.31. The zero-order valence-corrected chi connectivity index (χ0v) is 12.4. The maximum absolute atomic E-state index is 12.0. The first kappa shape index (κ1) is 16.9. The van der Waals surface area contributed by atoms with E-state index in [1.54, 1.807) is 6.92 Å². The van der Waals surface area contributed by atoms with Gasteiger partial charge < -0.3 is 9.84 Å². The molecule has 0 spiro atoms. The molecule has 1 aliphatic rings. The number of carboxylic acids is 1. The van der Waals surface area contributed by atoms with Crippen LogP contribution >= 0.6 is 0 Å². The number of rotatable bonds is 8.